The van der Waals surface area contributed by atoms with E-state index in [0.717, 1.165) is 59.1 Å². The number of para-hydroxylation sites is 2. The van der Waals surface area contributed by atoms with Gasteiger partial charge in [0.05, 0.1) is 22.1 Å². The lowest BCUT2D eigenvalue weighted by Crippen LogP contribution is -2.43. The van der Waals surface area contributed by atoms with Crippen LogP contribution in [0.5, 0.6) is 0 Å². The summed E-state index contributed by atoms with van der Waals surface area (Å²) >= 11 is 0. The first-order valence-electron chi connectivity index (χ1n) is 13.3. The molecular weight excluding hydrogens is 434 g/mol. The number of carbonyl (C=O) groups is 1. The lowest BCUT2D eigenvalue weighted by atomic mass is 9.82. The molecule has 0 radical (unpaired) electrons. The van der Waals surface area contributed by atoms with Crippen molar-refractivity contribution in [3.05, 3.63) is 54.9 Å². The second-order valence-corrected chi connectivity index (χ2v) is 10.2. The predicted octanol–water partition coefficient (Wildman–Crippen LogP) is 6.22. The van der Waals surface area contributed by atoms with E-state index in [1.807, 2.05) is 24.3 Å². The van der Waals surface area contributed by atoms with Gasteiger partial charge in [-0.2, -0.15) is 0 Å². The Balaban J connectivity index is 1.48. The maximum absolute atomic E-state index is 14.1. The Bertz CT molecular complexity index is 1330. The molecule has 4 aromatic rings. The van der Waals surface area contributed by atoms with Gasteiger partial charge >= 0.3 is 0 Å². The lowest BCUT2D eigenvalue weighted by molar-refractivity contribution is -0.127. The number of fused-ring (bicyclic) bond motifs is 2. The number of nitrogens with zero attached hydrogens (tertiary/aromatic N) is 4. The second-order valence-electron chi connectivity index (χ2n) is 10.2. The average molecular weight is 468 g/mol. The van der Waals surface area contributed by atoms with E-state index >= 15 is 0 Å². The Labute approximate surface area is 206 Å². The molecule has 6 heteroatoms. The van der Waals surface area contributed by atoms with Gasteiger partial charge in [-0.25, -0.2) is 4.98 Å². The average Bonchev–Trinajstić information content (AvgIpc) is 3.29. The predicted molar refractivity (Wildman–Crippen MR) is 139 cm³/mol. The van der Waals surface area contributed by atoms with Crippen molar-refractivity contribution in [2.75, 3.05) is 0 Å². The van der Waals surface area contributed by atoms with Crippen LogP contribution in [0.3, 0.4) is 0 Å². The monoisotopic (exact) mass is 467 g/mol. The third-order valence-corrected chi connectivity index (χ3v) is 7.92. The molecule has 1 atom stereocenters. The molecule has 6 rings (SSSR count). The summed E-state index contributed by atoms with van der Waals surface area (Å²) in [7, 11) is 0. The van der Waals surface area contributed by atoms with Gasteiger partial charge in [0.1, 0.15) is 11.9 Å². The minimum atomic E-state index is -0.266. The molecule has 1 N–H and O–H groups in total. The number of benzene rings is 2. The van der Waals surface area contributed by atoms with Gasteiger partial charge in [0, 0.05) is 24.0 Å². The highest BCUT2D eigenvalue weighted by molar-refractivity contribution is 5.89. The molecule has 0 aliphatic heterocycles. The summed E-state index contributed by atoms with van der Waals surface area (Å²) in [5, 5.41) is 3.47. The molecule has 35 heavy (non-hydrogen) atoms. The summed E-state index contributed by atoms with van der Waals surface area (Å²) in [6.07, 6.45) is 15.1. The Morgan fingerprint density at radius 2 is 1.54 bits per heavy atom. The minimum absolute atomic E-state index is 0.161. The normalized spacial score (nSPS) is 18.6. The molecule has 2 heterocycles. The highest BCUT2D eigenvalue weighted by Crippen LogP contribution is 2.39. The van der Waals surface area contributed by atoms with E-state index in [1.165, 1.54) is 38.5 Å². The van der Waals surface area contributed by atoms with E-state index in [1.54, 1.807) is 12.4 Å². The molecule has 0 saturated heterocycles. The van der Waals surface area contributed by atoms with Gasteiger partial charge in [-0.1, -0.05) is 50.7 Å². The number of amides is 1. The van der Waals surface area contributed by atoms with Gasteiger partial charge in [-0.3, -0.25) is 14.8 Å². The summed E-state index contributed by atoms with van der Waals surface area (Å²) in [4.78, 5) is 28.1. The molecule has 0 spiro atoms. The summed E-state index contributed by atoms with van der Waals surface area (Å²) in [5.74, 6) is 1.31. The van der Waals surface area contributed by atoms with Crippen LogP contribution in [-0.4, -0.2) is 31.5 Å². The van der Waals surface area contributed by atoms with E-state index in [4.69, 9.17) is 4.98 Å². The third kappa shape index (κ3) is 4.42. The van der Waals surface area contributed by atoms with E-state index in [-0.39, 0.29) is 18.0 Å². The van der Waals surface area contributed by atoms with Gasteiger partial charge in [0.25, 0.3) is 0 Å². The molecule has 2 aliphatic carbocycles. The second kappa shape index (κ2) is 9.76. The van der Waals surface area contributed by atoms with Gasteiger partial charge in [0.2, 0.25) is 5.91 Å². The highest BCUT2D eigenvalue weighted by atomic mass is 16.2. The van der Waals surface area contributed by atoms with Crippen molar-refractivity contribution in [1.82, 2.24) is 24.8 Å². The summed E-state index contributed by atoms with van der Waals surface area (Å²) < 4.78 is 2.24. The summed E-state index contributed by atoms with van der Waals surface area (Å²) in [6, 6.07) is 14.4. The van der Waals surface area contributed by atoms with Gasteiger partial charge in [-0.15, -0.1) is 0 Å². The molecule has 2 aromatic heterocycles. The van der Waals surface area contributed by atoms with Crippen LogP contribution in [0.1, 0.15) is 70.3 Å². The van der Waals surface area contributed by atoms with Crippen LogP contribution >= 0.6 is 0 Å². The van der Waals surface area contributed by atoms with Crippen molar-refractivity contribution in [3.8, 4) is 11.4 Å². The Kier molecular flexibility index (Phi) is 6.19. The van der Waals surface area contributed by atoms with Crippen molar-refractivity contribution in [3.63, 3.8) is 0 Å². The number of aromatic nitrogens is 4. The third-order valence-electron chi connectivity index (χ3n) is 7.92. The number of hydrogen-bond donors (Lipinski definition) is 1. The zero-order valence-electron chi connectivity index (χ0n) is 20.2. The number of carbonyl (C=O) groups excluding carboxylic acids is 1. The molecule has 2 saturated carbocycles. The van der Waals surface area contributed by atoms with Crippen LogP contribution in [-0.2, 0) is 4.79 Å². The van der Waals surface area contributed by atoms with Crippen LogP contribution in [0.2, 0.25) is 0 Å². The van der Waals surface area contributed by atoms with Crippen LogP contribution in [0, 0.1) is 5.92 Å². The smallest absolute Gasteiger partial charge is 0.243 e. The molecule has 2 fully saturated rings. The largest absolute Gasteiger partial charge is 0.352 e. The van der Waals surface area contributed by atoms with Crippen molar-refractivity contribution in [1.29, 1.82) is 0 Å². The Morgan fingerprint density at radius 3 is 2.34 bits per heavy atom. The van der Waals surface area contributed by atoms with Crippen molar-refractivity contribution >= 4 is 28.0 Å². The fourth-order valence-electron chi connectivity index (χ4n) is 6.16. The summed E-state index contributed by atoms with van der Waals surface area (Å²) in [6.45, 7) is 0. The molecule has 2 aromatic carbocycles. The van der Waals surface area contributed by atoms with E-state index < -0.39 is 0 Å². The zero-order valence-corrected chi connectivity index (χ0v) is 20.2. The van der Waals surface area contributed by atoms with Gasteiger partial charge in [0.15, 0.2) is 0 Å². The number of imidazole rings is 1. The van der Waals surface area contributed by atoms with Crippen molar-refractivity contribution < 1.29 is 4.79 Å². The fraction of sp³-hybridized carbons (Fsp3) is 0.448. The number of nitrogens with one attached hydrogen (secondary N) is 1. The van der Waals surface area contributed by atoms with E-state index in [9.17, 15) is 4.79 Å². The van der Waals surface area contributed by atoms with E-state index in [2.05, 4.69) is 38.1 Å². The number of rotatable bonds is 5. The highest BCUT2D eigenvalue weighted by Gasteiger charge is 2.35. The first-order chi connectivity index (χ1) is 17.3. The lowest BCUT2D eigenvalue weighted by Gasteiger charge is -2.33. The maximum Gasteiger partial charge on any atom is 0.243 e. The van der Waals surface area contributed by atoms with Crippen LogP contribution < -0.4 is 5.32 Å². The molecule has 180 valence electrons. The molecule has 2 aliphatic rings. The molecular formula is C29H33N5O. The quantitative estimate of drug-likeness (QED) is 0.378. The number of hydrogen-bond acceptors (Lipinski definition) is 4. The maximum atomic E-state index is 14.1. The van der Waals surface area contributed by atoms with Crippen LogP contribution in [0.4, 0.5) is 0 Å². The van der Waals surface area contributed by atoms with Crippen molar-refractivity contribution in [2.45, 2.75) is 76.3 Å². The van der Waals surface area contributed by atoms with E-state index in [0.29, 0.717) is 5.92 Å². The first kappa shape index (κ1) is 22.2. The van der Waals surface area contributed by atoms with Gasteiger partial charge in [-0.05, 0) is 61.9 Å². The molecule has 0 bridgehead atoms. The topological polar surface area (TPSA) is 72.7 Å². The SMILES string of the molecule is O=C(NC1CCCCC1)C(C1CCCCC1)n1c(-c2ccc3nccnc3c2)nc2ccccc21. The minimum Gasteiger partial charge on any atom is -0.352 e. The Morgan fingerprint density at radius 1 is 0.829 bits per heavy atom. The fourth-order valence-corrected chi connectivity index (χ4v) is 6.16. The van der Waals surface area contributed by atoms with Crippen molar-refractivity contribution in [2.24, 2.45) is 5.92 Å². The Hall–Kier alpha value is -3.28. The molecule has 1 amide bonds. The molecule has 6 nitrogen and oxygen atoms in total. The zero-order chi connectivity index (χ0) is 23.6. The first-order valence-corrected chi connectivity index (χ1v) is 13.3. The molecule has 1 unspecified atom stereocenters. The van der Waals surface area contributed by atoms with Crippen LogP contribution in [0.15, 0.2) is 54.9 Å². The van der Waals surface area contributed by atoms with Gasteiger partial charge < -0.3 is 9.88 Å². The standard InChI is InChI=1S/C29H33N5O/c35-29(32-22-11-5-2-6-12-22)27(20-9-3-1-4-10-20)34-26-14-8-7-13-24(26)33-28(34)21-15-16-23-25(19-21)31-18-17-30-23/h7-8,13-20,22,27H,1-6,9-12H2,(H,32,35). The van der Waals surface area contributed by atoms with Crippen LogP contribution in [0.25, 0.3) is 33.5 Å². The summed E-state index contributed by atoms with van der Waals surface area (Å²) in [5.41, 5.74) is 4.62.